The van der Waals surface area contributed by atoms with Gasteiger partial charge in [0.05, 0.1) is 7.11 Å². The first kappa shape index (κ1) is 14.2. The molecule has 0 fully saturated rings. The minimum atomic E-state index is -0.797. The lowest BCUT2D eigenvalue weighted by Crippen LogP contribution is -2.47. The molecule has 0 bridgehead atoms. The molecule has 0 aromatic heterocycles. The van der Waals surface area contributed by atoms with Gasteiger partial charge in [-0.05, 0) is 37.6 Å². The minimum Gasteiger partial charge on any atom is -0.467 e. The SMILES string of the molecule is CCCNC(C)(C(=O)OC)c1cccc(Br)c1. The summed E-state index contributed by atoms with van der Waals surface area (Å²) in [5.74, 6) is -0.274. The predicted octanol–water partition coefficient (Wildman–Crippen LogP) is 2.84. The van der Waals surface area contributed by atoms with Crippen LogP contribution in [0.4, 0.5) is 0 Å². The first-order valence-electron chi connectivity index (χ1n) is 5.64. The molecule has 0 saturated heterocycles. The minimum absolute atomic E-state index is 0.274. The molecule has 0 spiro atoms. The van der Waals surface area contributed by atoms with E-state index in [2.05, 4.69) is 28.2 Å². The fraction of sp³-hybridized carbons (Fsp3) is 0.462. The number of hydrogen-bond acceptors (Lipinski definition) is 3. The number of carbonyl (C=O) groups excluding carboxylic acids is 1. The molecule has 3 nitrogen and oxygen atoms in total. The molecule has 0 amide bonds. The van der Waals surface area contributed by atoms with Crippen molar-refractivity contribution in [3.8, 4) is 0 Å². The lowest BCUT2D eigenvalue weighted by atomic mass is 9.92. The summed E-state index contributed by atoms with van der Waals surface area (Å²) in [6, 6.07) is 7.69. The van der Waals surface area contributed by atoms with E-state index in [0.29, 0.717) is 0 Å². The summed E-state index contributed by atoms with van der Waals surface area (Å²) < 4.78 is 5.84. The highest BCUT2D eigenvalue weighted by molar-refractivity contribution is 9.10. The van der Waals surface area contributed by atoms with Crippen LogP contribution >= 0.6 is 15.9 Å². The maximum atomic E-state index is 12.0. The number of methoxy groups -OCH3 is 1. The van der Waals surface area contributed by atoms with E-state index in [1.807, 2.05) is 31.2 Å². The van der Waals surface area contributed by atoms with Gasteiger partial charge in [-0.2, -0.15) is 0 Å². The molecule has 1 aromatic carbocycles. The third kappa shape index (κ3) is 3.30. The zero-order valence-electron chi connectivity index (χ0n) is 10.4. The van der Waals surface area contributed by atoms with Crippen LogP contribution < -0.4 is 5.32 Å². The molecule has 1 unspecified atom stereocenters. The van der Waals surface area contributed by atoms with Crippen molar-refractivity contribution in [2.45, 2.75) is 25.8 Å². The van der Waals surface area contributed by atoms with E-state index >= 15 is 0 Å². The maximum Gasteiger partial charge on any atom is 0.330 e. The fourth-order valence-electron chi connectivity index (χ4n) is 1.67. The van der Waals surface area contributed by atoms with E-state index in [0.717, 1.165) is 23.0 Å². The first-order valence-corrected chi connectivity index (χ1v) is 6.43. The van der Waals surface area contributed by atoms with Crippen molar-refractivity contribution in [2.24, 2.45) is 0 Å². The Morgan fingerprint density at radius 1 is 1.53 bits per heavy atom. The summed E-state index contributed by atoms with van der Waals surface area (Å²) in [5.41, 5.74) is 0.0984. The number of rotatable bonds is 5. The number of hydrogen-bond donors (Lipinski definition) is 1. The Morgan fingerprint density at radius 2 is 2.24 bits per heavy atom. The zero-order valence-corrected chi connectivity index (χ0v) is 12.0. The number of halogens is 1. The van der Waals surface area contributed by atoms with E-state index in [9.17, 15) is 4.79 Å². The number of nitrogens with one attached hydrogen (secondary N) is 1. The van der Waals surface area contributed by atoms with Crippen LogP contribution in [0.15, 0.2) is 28.7 Å². The topological polar surface area (TPSA) is 38.3 Å². The Labute approximate surface area is 111 Å². The van der Waals surface area contributed by atoms with Gasteiger partial charge in [0.1, 0.15) is 5.54 Å². The summed E-state index contributed by atoms with van der Waals surface area (Å²) in [6.45, 7) is 4.67. The van der Waals surface area contributed by atoms with Crippen LogP contribution in [0.2, 0.25) is 0 Å². The lowest BCUT2D eigenvalue weighted by Gasteiger charge is -2.28. The van der Waals surface area contributed by atoms with Crippen LogP contribution in [0.1, 0.15) is 25.8 Å². The monoisotopic (exact) mass is 299 g/mol. The third-order valence-corrected chi connectivity index (χ3v) is 3.22. The Bertz CT molecular complexity index is 395. The summed E-state index contributed by atoms with van der Waals surface area (Å²) >= 11 is 3.41. The first-order chi connectivity index (χ1) is 8.04. The number of ether oxygens (including phenoxy) is 1. The van der Waals surface area contributed by atoms with Crippen LogP contribution in [-0.2, 0) is 15.1 Å². The molecular formula is C13H18BrNO2. The van der Waals surface area contributed by atoms with Gasteiger partial charge in [-0.3, -0.25) is 5.32 Å². The Kier molecular flexibility index (Phi) is 5.15. The van der Waals surface area contributed by atoms with E-state index in [-0.39, 0.29) is 5.97 Å². The van der Waals surface area contributed by atoms with E-state index in [1.165, 1.54) is 7.11 Å². The zero-order chi connectivity index (χ0) is 12.9. The van der Waals surface area contributed by atoms with Crippen LogP contribution in [0.5, 0.6) is 0 Å². The van der Waals surface area contributed by atoms with Gasteiger partial charge in [-0.1, -0.05) is 35.0 Å². The molecule has 0 heterocycles. The smallest absolute Gasteiger partial charge is 0.330 e. The van der Waals surface area contributed by atoms with Gasteiger partial charge in [0.25, 0.3) is 0 Å². The summed E-state index contributed by atoms with van der Waals surface area (Å²) in [6.07, 6.45) is 0.959. The fourth-order valence-corrected chi connectivity index (χ4v) is 2.07. The predicted molar refractivity (Wildman–Crippen MR) is 71.8 cm³/mol. The van der Waals surface area contributed by atoms with Gasteiger partial charge in [-0.15, -0.1) is 0 Å². The van der Waals surface area contributed by atoms with Crippen LogP contribution in [0.3, 0.4) is 0 Å². The standard InChI is InChI=1S/C13H18BrNO2/c1-4-8-15-13(2,12(16)17-3)10-6-5-7-11(14)9-10/h5-7,9,15H,4,8H2,1-3H3. The highest BCUT2D eigenvalue weighted by Crippen LogP contribution is 2.25. The number of benzene rings is 1. The second-order valence-electron chi connectivity index (χ2n) is 4.05. The van der Waals surface area contributed by atoms with Crippen molar-refractivity contribution in [3.63, 3.8) is 0 Å². The van der Waals surface area contributed by atoms with E-state index < -0.39 is 5.54 Å². The van der Waals surface area contributed by atoms with Crippen molar-refractivity contribution in [2.75, 3.05) is 13.7 Å². The quantitative estimate of drug-likeness (QED) is 0.850. The average molecular weight is 300 g/mol. The van der Waals surface area contributed by atoms with Crippen LogP contribution in [0.25, 0.3) is 0 Å². The van der Waals surface area contributed by atoms with Crippen molar-refractivity contribution >= 4 is 21.9 Å². The van der Waals surface area contributed by atoms with Crippen LogP contribution in [-0.4, -0.2) is 19.6 Å². The molecule has 1 rings (SSSR count). The highest BCUT2D eigenvalue weighted by Gasteiger charge is 2.35. The summed E-state index contributed by atoms with van der Waals surface area (Å²) in [7, 11) is 1.41. The van der Waals surface area contributed by atoms with Gasteiger partial charge < -0.3 is 4.74 Å². The van der Waals surface area contributed by atoms with Gasteiger partial charge in [0.15, 0.2) is 0 Å². The molecule has 94 valence electrons. The molecule has 17 heavy (non-hydrogen) atoms. The van der Waals surface area contributed by atoms with E-state index in [1.54, 1.807) is 0 Å². The second kappa shape index (κ2) is 6.17. The highest BCUT2D eigenvalue weighted by atomic mass is 79.9. The molecule has 4 heteroatoms. The summed E-state index contributed by atoms with van der Waals surface area (Å²) in [5, 5.41) is 3.24. The van der Waals surface area contributed by atoms with Gasteiger partial charge >= 0.3 is 5.97 Å². The van der Waals surface area contributed by atoms with Crippen molar-refractivity contribution in [1.29, 1.82) is 0 Å². The normalized spacial score (nSPS) is 14.1. The molecular weight excluding hydrogens is 282 g/mol. The molecule has 1 N–H and O–H groups in total. The molecule has 0 aliphatic heterocycles. The van der Waals surface area contributed by atoms with Gasteiger partial charge in [-0.25, -0.2) is 4.79 Å². The van der Waals surface area contributed by atoms with Crippen molar-refractivity contribution in [3.05, 3.63) is 34.3 Å². The molecule has 1 aromatic rings. The molecule has 0 aliphatic carbocycles. The van der Waals surface area contributed by atoms with Crippen molar-refractivity contribution < 1.29 is 9.53 Å². The van der Waals surface area contributed by atoms with E-state index in [4.69, 9.17) is 4.74 Å². The average Bonchev–Trinajstić information content (AvgIpc) is 2.34. The third-order valence-electron chi connectivity index (χ3n) is 2.72. The molecule has 0 saturated carbocycles. The molecule has 0 radical (unpaired) electrons. The second-order valence-corrected chi connectivity index (χ2v) is 4.97. The Balaban J connectivity index is 3.09. The Morgan fingerprint density at radius 3 is 2.76 bits per heavy atom. The summed E-state index contributed by atoms with van der Waals surface area (Å²) in [4.78, 5) is 12.0. The molecule has 0 aliphatic rings. The van der Waals surface area contributed by atoms with Crippen LogP contribution in [0, 0.1) is 0 Å². The largest absolute Gasteiger partial charge is 0.467 e. The molecule has 1 atom stereocenters. The lowest BCUT2D eigenvalue weighted by molar-refractivity contribution is -0.148. The van der Waals surface area contributed by atoms with Gasteiger partial charge in [0, 0.05) is 4.47 Å². The maximum absolute atomic E-state index is 12.0. The van der Waals surface area contributed by atoms with Gasteiger partial charge in [0.2, 0.25) is 0 Å². The number of esters is 1. The Hall–Kier alpha value is -0.870. The number of carbonyl (C=O) groups is 1. The van der Waals surface area contributed by atoms with Crippen molar-refractivity contribution in [1.82, 2.24) is 5.32 Å².